The molecule has 2 N–H and O–H groups in total. The molecular formula is C15H24N2O. The minimum atomic E-state index is 0.0719. The van der Waals surface area contributed by atoms with Gasteiger partial charge >= 0.3 is 0 Å². The maximum atomic E-state index is 12.0. The minimum Gasteiger partial charge on any atom is -0.399 e. The summed E-state index contributed by atoms with van der Waals surface area (Å²) < 4.78 is 0. The number of carbonyl (C=O) groups is 1. The van der Waals surface area contributed by atoms with E-state index >= 15 is 0 Å². The van der Waals surface area contributed by atoms with E-state index in [0.717, 1.165) is 30.5 Å². The molecule has 18 heavy (non-hydrogen) atoms. The van der Waals surface area contributed by atoms with Gasteiger partial charge < -0.3 is 10.6 Å². The molecule has 1 unspecified atom stereocenters. The Hall–Kier alpha value is -1.51. The lowest BCUT2D eigenvalue weighted by Crippen LogP contribution is -2.29. The predicted molar refractivity (Wildman–Crippen MR) is 76.2 cm³/mol. The number of carbonyl (C=O) groups excluding carboxylic acids is 1. The maximum Gasteiger partial charge on any atom is 0.222 e. The molecule has 0 aliphatic rings. The first kappa shape index (κ1) is 14.6. The Labute approximate surface area is 110 Å². The van der Waals surface area contributed by atoms with Crippen LogP contribution in [0.2, 0.25) is 0 Å². The zero-order valence-corrected chi connectivity index (χ0v) is 11.6. The third-order valence-corrected chi connectivity index (χ3v) is 3.36. The lowest BCUT2D eigenvalue weighted by Gasteiger charge is -2.25. The van der Waals surface area contributed by atoms with E-state index in [-0.39, 0.29) is 11.9 Å². The van der Waals surface area contributed by atoms with Gasteiger partial charge in [-0.15, -0.1) is 0 Å². The molecule has 3 nitrogen and oxygen atoms in total. The lowest BCUT2D eigenvalue weighted by atomic mass is 10.1. The topological polar surface area (TPSA) is 46.3 Å². The molecule has 0 aliphatic heterocycles. The summed E-state index contributed by atoms with van der Waals surface area (Å²) in [6, 6.07) is 7.80. The van der Waals surface area contributed by atoms with Crippen molar-refractivity contribution in [3.05, 3.63) is 29.8 Å². The van der Waals surface area contributed by atoms with E-state index in [2.05, 4.69) is 6.92 Å². The SMILES string of the molecule is CCCCCC(=O)N(C)C(C)c1cccc(N)c1. The summed E-state index contributed by atoms with van der Waals surface area (Å²) in [5.41, 5.74) is 7.59. The zero-order chi connectivity index (χ0) is 13.5. The molecule has 100 valence electrons. The van der Waals surface area contributed by atoms with Crippen LogP contribution in [-0.4, -0.2) is 17.9 Å². The molecule has 0 spiro atoms. The molecule has 0 fully saturated rings. The molecule has 1 aromatic carbocycles. The first-order chi connectivity index (χ1) is 8.56. The first-order valence-corrected chi connectivity index (χ1v) is 6.67. The number of hydrogen-bond acceptors (Lipinski definition) is 2. The predicted octanol–water partition coefficient (Wildman–Crippen LogP) is 3.37. The molecule has 0 bridgehead atoms. The molecule has 0 aliphatic carbocycles. The van der Waals surface area contributed by atoms with Crippen LogP contribution >= 0.6 is 0 Å². The molecule has 0 saturated heterocycles. The second-order valence-corrected chi connectivity index (χ2v) is 4.81. The number of rotatable bonds is 6. The van der Waals surface area contributed by atoms with Gasteiger partial charge in [-0.05, 0) is 31.0 Å². The number of nitrogen functional groups attached to an aromatic ring is 1. The normalized spacial score (nSPS) is 12.2. The highest BCUT2D eigenvalue weighted by molar-refractivity contribution is 5.76. The van der Waals surface area contributed by atoms with Crippen LogP contribution in [0.25, 0.3) is 0 Å². The van der Waals surface area contributed by atoms with Crippen LogP contribution < -0.4 is 5.73 Å². The third-order valence-electron chi connectivity index (χ3n) is 3.36. The number of hydrogen-bond donors (Lipinski definition) is 1. The van der Waals surface area contributed by atoms with E-state index in [1.54, 1.807) is 0 Å². The van der Waals surface area contributed by atoms with Gasteiger partial charge in [-0.2, -0.15) is 0 Å². The highest BCUT2D eigenvalue weighted by atomic mass is 16.2. The van der Waals surface area contributed by atoms with Crippen LogP contribution in [0.1, 0.15) is 51.1 Å². The molecule has 1 rings (SSSR count). The second-order valence-electron chi connectivity index (χ2n) is 4.81. The van der Waals surface area contributed by atoms with Gasteiger partial charge in [0.05, 0.1) is 6.04 Å². The Morgan fingerprint density at radius 3 is 2.72 bits per heavy atom. The van der Waals surface area contributed by atoms with Crippen molar-refractivity contribution in [2.24, 2.45) is 0 Å². The largest absolute Gasteiger partial charge is 0.399 e. The maximum absolute atomic E-state index is 12.0. The van der Waals surface area contributed by atoms with E-state index in [1.807, 2.05) is 43.1 Å². The van der Waals surface area contributed by atoms with Crippen molar-refractivity contribution in [2.45, 2.75) is 45.6 Å². The van der Waals surface area contributed by atoms with Gasteiger partial charge in [0.15, 0.2) is 0 Å². The van der Waals surface area contributed by atoms with Gasteiger partial charge in [0.25, 0.3) is 0 Å². The average Bonchev–Trinajstić information content (AvgIpc) is 2.37. The minimum absolute atomic E-state index is 0.0719. The summed E-state index contributed by atoms with van der Waals surface area (Å²) in [5.74, 6) is 0.207. The molecule has 0 heterocycles. The fraction of sp³-hybridized carbons (Fsp3) is 0.533. The summed E-state index contributed by atoms with van der Waals surface area (Å²) in [6.07, 6.45) is 3.87. The summed E-state index contributed by atoms with van der Waals surface area (Å²) in [4.78, 5) is 13.8. The third kappa shape index (κ3) is 4.06. The summed E-state index contributed by atoms with van der Waals surface area (Å²) in [6.45, 7) is 4.18. The van der Waals surface area contributed by atoms with Gasteiger partial charge in [0.1, 0.15) is 0 Å². The lowest BCUT2D eigenvalue weighted by molar-refractivity contribution is -0.131. The molecule has 1 amide bonds. The van der Waals surface area contributed by atoms with Crippen molar-refractivity contribution < 1.29 is 4.79 Å². The number of benzene rings is 1. The Bertz CT molecular complexity index is 390. The Kier molecular flexibility index (Phi) is 5.69. The van der Waals surface area contributed by atoms with Crippen LogP contribution in [0.3, 0.4) is 0 Å². The standard InChI is InChI=1S/C15H24N2O/c1-4-5-6-10-15(18)17(3)12(2)13-8-7-9-14(16)11-13/h7-9,11-12H,4-6,10,16H2,1-3H3. The summed E-state index contributed by atoms with van der Waals surface area (Å²) in [5, 5.41) is 0. The van der Waals surface area contributed by atoms with Crippen LogP contribution in [0.15, 0.2) is 24.3 Å². The van der Waals surface area contributed by atoms with Crippen molar-refractivity contribution in [3.63, 3.8) is 0 Å². The molecular weight excluding hydrogens is 224 g/mol. The van der Waals surface area contributed by atoms with E-state index in [4.69, 9.17) is 5.73 Å². The van der Waals surface area contributed by atoms with Crippen molar-refractivity contribution in [1.29, 1.82) is 0 Å². The van der Waals surface area contributed by atoms with Gasteiger partial charge in [-0.1, -0.05) is 31.9 Å². The van der Waals surface area contributed by atoms with Crippen LogP contribution in [0.4, 0.5) is 5.69 Å². The first-order valence-electron chi connectivity index (χ1n) is 6.67. The molecule has 0 aromatic heterocycles. The quantitative estimate of drug-likeness (QED) is 0.619. The van der Waals surface area contributed by atoms with Crippen molar-refractivity contribution in [3.8, 4) is 0 Å². The fourth-order valence-electron chi connectivity index (χ4n) is 1.96. The smallest absolute Gasteiger partial charge is 0.222 e. The molecule has 0 saturated carbocycles. The average molecular weight is 248 g/mol. The summed E-state index contributed by atoms with van der Waals surface area (Å²) >= 11 is 0. The number of amides is 1. The van der Waals surface area contributed by atoms with Crippen LogP contribution in [0.5, 0.6) is 0 Å². The number of anilines is 1. The Balaban J connectivity index is 2.60. The van der Waals surface area contributed by atoms with Gasteiger partial charge in [-0.25, -0.2) is 0 Å². The van der Waals surface area contributed by atoms with E-state index in [0.29, 0.717) is 6.42 Å². The highest BCUT2D eigenvalue weighted by Gasteiger charge is 2.16. The van der Waals surface area contributed by atoms with Crippen LogP contribution in [-0.2, 0) is 4.79 Å². The zero-order valence-electron chi connectivity index (χ0n) is 11.6. The van der Waals surface area contributed by atoms with Crippen LogP contribution in [0, 0.1) is 0 Å². The molecule has 1 aromatic rings. The van der Waals surface area contributed by atoms with Gasteiger partial charge in [0, 0.05) is 19.2 Å². The van der Waals surface area contributed by atoms with Crippen molar-refractivity contribution in [1.82, 2.24) is 4.90 Å². The molecule has 3 heteroatoms. The number of nitrogens with two attached hydrogens (primary N) is 1. The number of unbranched alkanes of at least 4 members (excludes halogenated alkanes) is 2. The van der Waals surface area contributed by atoms with Gasteiger partial charge in [-0.3, -0.25) is 4.79 Å². The van der Waals surface area contributed by atoms with Gasteiger partial charge in [0.2, 0.25) is 5.91 Å². The Morgan fingerprint density at radius 1 is 1.39 bits per heavy atom. The van der Waals surface area contributed by atoms with E-state index in [9.17, 15) is 4.79 Å². The summed E-state index contributed by atoms with van der Waals surface area (Å²) in [7, 11) is 1.86. The Morgan fingerprint density at radius 2 is 2.11 bits per heavy atom. The van der Waals surface area contributed by atoms with E-state index < -0.39 is 0 Å². The van der Waals surface area contributed by atoms with Crippen molar-refractivity contribution in [2.75, 3.05) is 12.8 Å². The monoisotopic (exact) mass is 248 g/mol. The highest BCUT2D eigenvalue weighted by Crippen LogP contribution is 2.21. The molecule has 1 atom stereocenters. The fourth-order valence-corrected chi connectivity index (χ4v) is 1.96. The van der Waals surface area contributed by atoms with Crippen molar-refractivity contribution >= 4 is 11.6 Å². The number of nitrogens with zero attached hydrogens (tertiary/aromatic N) is 1. The second kappa shape index (κ2) is 7.04. The van der Waals surface area contributed by atoms with E-state index in [1.165, 1.54) is 0 Å². The molecule has 0 radical (unpaired) electrons.